The molecule has 1 N–H and O–H groups in total. The molecular weight excluding hydrogens is 563 g/mol. The van der Waals surface area contributed by atoms with Gasteiger partial charge in [0.1, 0.15) is 5.75 Å². The van der Waals surface area contributed by atoms with Gasteiger partial charge in [0.25, 0.3) is 11.8 Å². The van der Waals surface area contributed by atoms with Gasteiger partial charge in [0.2, 0.25) is 11.8 Å². The van der Waals surface area contributed by atoms with E-state index in [9.17, 15) is 24.3 Å². The minimum absolute atomic E-state index is 0.0650. The Labute approximate surface area is 240 Å². The molecule has 2 aliphatic carbocycles. The number of amides is 4. The lowest BCUT2D eigenvalue weighted by Gasteiger charge is -2.50. The average Bonchev–Trinajstić information content (AvgIpc) is 3.23. The number of benzene rings is 2. The monoisotopic (exact) mass is 586 g/mol. The standard InChI is InChI=1S/C29H25Cl3N2O5/c1-13-7-8-15(11-20(13)30)34-24(36)17-10-9-16-19(21(17)25(34)37)12-28(31)26(38)33(3)27(39)29(28,32)22(16)18-6-4-5-14(2)23(18)35/h4-9,11,17,19,21-22,35H,10,12H2,1-3H3/t17-,19+,21-,22+,28+,29-/m0/s1. The van der Waals surface area contributed by atoms with Crippen LogP contribution >= 0.6 is 34.8 Å². The van der Waals surface area contributed by atoms with Gasteiger partial charge in [0.15, 0.2) is 9.75 Å². The summed E-state index contributed by atoms with van der Waals surface area (Å²) in [6.07, 6.45) is 1.97. The molecule has 0 radical (unpaired) electrons. The van der Waals surface area contributed by atoms with Crippen molar-refractivity contribution < 1.29 is 24.3 Å². The number of fused-ring (bicyclic) bond motifs is 4. The second-order valence-corrected chi connectivity index (χ2v) is 12.6. The summed E-state index contributed by atoms with van der Waals surface area (Å²) in [5.41, 5.74) is 2.72. The summed E-state index contributed by atoms with van der Waals surface area (Å²) in [6, 6.07) is 10.1. The molecule has 4 aliphatic rings. The van der Waals surface area contributed by atoms with Gasteiger partial charge in [-0.25, -0.2) is 4.90 Å². The number of phenolic OH excluding ortho intramolecular Hbond substituents is 1. The molecular formula is C29H25Cl3N2O5. The van der Waals surface area contributed by atoms with Crippen molar-refractivity contribution in [2.75, 3.05) is 11.9 Å². The number of aryl methyl sites for hydroxylation is 2. The van der Waals surface area contributed by atoms with Crippen molar-refractivity contribution in [1.29, 1.82) is 0 Å². The van der Waals surface area contributed by atoms with E-state index in [2.05, 4.69) is 0 Å². The first-order valence-electron chi connectivity index (χ1n) is 12.7. The molecule has 2 aromatic carbocycles. The zero-order valence-electron chi connectivity index (χ0n) is 21.4. The average molecular weight is 588 g/mol. The fourth-order valence-corrected chi connectivity index (χ4v) is 8.17. The number of carbonyl (C=O) groups excluding carboxylic acids is 4. The number of hydrogen-bond donors (Lipinski definition) is 1. The Balaban J connectivity index is 1.53. The van der Waals surface area contributed by atoms with Gasteiger partial charge in [-0.15, -0.1) is 23.2 Å². The number of anilines is 1. The summed E-state index contributed by atoms with van der Waals surface area (Å²) in [7, 11) is 1.33. The Morgan fingerprint density at radius 2 is 1.67 bits per heavy atom. The van der Waals surface area contributed by atoms with Crippen molar-refractivity contribution in [2.24, 2.45) is 17.8 Å². The SMILES string of the molecule is Cc1ccc(N2C(=O)[C@H]3[C@H](CC=C4[C@H]3C[C@@]3(Cl)C(=O)N(C)C(=O)[C@@]3(Cl)[C@H]4c3cccc(C)c3O)C2=O)cc1Cl. The lowest BCUT2D eigenvalue weighted by Crippen LogP contribution is -2.60. The fourth-order valence-electron chi connectivity index (χ4n) is 6.98. The third kappa shape index (κ3) is 3.24. The summed E-state index contributed by atoms with van der Waals surface area (Å²) in [4.78, 5) is 53.0. The third-order valence-corrected chi connectivity index (χ3v) is 10.8. The van der Waals surface area contributed by atoms with Crippen LogP contribution < -0.4 is 4.90 Å². The predicted molar refractivity (Wildman–Crippen MR) is 147 cm³/mol. The zero-order chi connectivity index (χ0) is 28.2. The second kappa shape index (κ2) is 8.56. The molecule has 1 saturated carbocycles. The van der Waals surface area contributed by atoms with Crippen molar-refractivity contribution in [3.05, 3.63) is 69.8 Å². The van der Waals surface area contributed by atoms with Crippen LogP contribution in [0, 0.1) is 31.6 Å². The van der Waals surface area contributed by atoms with E-state index in [4.69, 9.17) is 34.8 Å². The summed E-state index contributed by atoms with van der Waals surface area (Å²) < 4.78 is 0. The molecule has 2 aromatic rings. The van der Waals surface area contributed by atoms with E-state index in [1.54, 1.807) is 43.3 Å². The first-order valence-corrected chi connectivity index (χ1v) is 13.8. The maximum Gasteiger partial charge on any atom is 0.253 e. The molecule has 2 heterocycles. The molecule has 0 unspecified atom stereocenters. The molecule has 0 spiro atoms. The highest BCUT2D eigenvalue weighted by molar-refractivity contribution is 6.53. The van der Waals surface area contributed by atoms with E-state index >= 15 is 0 Å². The van der Waals surface area contributed by atoms with Crippen LogP contribution in [0.4, 0.5) is 5.69 Å². The maximum atomic E-state index is 14.0. The Morgan fingerprint density at radius 1 is 0.949 bits per heavy atom. The van der Waals surface area contributed by atoms with Crippen LogP contribution in [0.5, 0.6) is 5.75 Å². The number of para-hydroxylation sites is 1. The van der Waals surface area contributed by atoms with Crippen molar-refractivity contribution in [3.8, 4) is 5.75 Å². The smallest absolute Gasteiger partial charge is 0.253 e. The molecule has 6 atom stereocenters. The van der Waals surface area contributed by atoms with Crippen molar-refractivity contribution >= 4 is 64.1 Å². The number of likely N-dealkylation sites (tertiary alicyclic amines) is 1. The van der Waals surface area contributed by atoms with Gasteiger partial charge in [0.05, 0.1) is 17.5 Å². The van der Waals surface area contributed by atoms with Crippen LogP contribution in [-0.4, -0.2) is 50.4 Å². The Bertz CT molecular complexity index is 1540. The number of nitrogens with zero attached hydrogens (tertiary/aromatic N) is 2. The van der Waals surface area contributed by atoms with Crippen LogP contribution in [0.1, 0.15) is 35.4 Å². The molecule has 0 aromatic heterocycles. The molecule has 39 heavy (non-hydrogen) atoms. The Morgan fingerprint density at radius 3 is 2.36 bits per heavy atom. The van der Waals surface area contributed by atoms with E-state index in [1.807, 2.05) is 13.0 Å². The van der Waals surface area contributed by atoms with Crippen molar-refractivity contribution in [2.45, 2.75) is 42.4 Å². The molecule has 0 bridgehead atoms. The molecule has 202 valence electrons. The number of rotatable bonds is 2. The lowest BCUT2D eigenvalue weighted by molar-refractivity contribution is -0.138. The van der Waals surface area contributed by atoms with Gasteiger partial charge in [-0.3, -0.25) is 24.1 Å². The van der Waals surface area contributed by atoms with E-state index in [0.29, 0.717) is 27.4 Å². The van der Waals surface area contributed by atoms with Crippen molar-refractivity contribution in [1.82, 2.24) is 4.90 Å². The number of hydrogen-bond acceptors (Lipinski definition) is 5. The highest BCUT2D eigenvalue weighted by Gasteiger charge is 2.76. The molecule has 10 heteroatoms. The number of alkyl halides is 2. The van der Waals surface area contributed by atoms with E-state index in [1.165, 1.54) is 7.05 Å². The Hall–Kier alpha value is -2.87. The number of aromatic hydroxyl groups is 1. The van der Waals surface area contributed by atoms with E-state index in [0.717, 1.165) is 15.4 Å². The largest absolute Gasteiger partial charge is 0.507 e. The van der Waals surface area contributed by atoms with E-state index in [-0.39, 0.29) is 24.5 Å². The minimum atomic E-state index is -1.93. The molecule has 4 amide bonds. The fraction of sp³-hybridized carbons (Fsp3) is 0.379. The quantitative estimate of drug-likeness (QED) is 0.308. The first kappa shape index (κ1) is 26.4. The molecule has 2 aliphatic heterocycles. The summed E-state index contributed by atoms with van der Waals surface area (Å²) in [5.74, 6) is -5.32. The van der Waals surface area contributed by atoms with Crippen LogP contribution in [0.15, 0.2) is 48.0 Å². The van der Waals surface area contributed by atoms with Gasteiger partial charge in [-0.05, 0) is 55.9 Å². The highest BCUT2D eigenvalue weighted by atomic mass is 35.5. The number of allylic oxidation sites excluding steroid dienone is 2. The van der Waals surface area contributed by atoms with Gasteiger partial charge in [-0.2, -0.15) is 0 Å². The normalized spacial score (nSPS) is 33.7. The third-order valence-electron chi connectivity index (χ3n) is 9.01. The van der Waals surface area contributed by atoms with Gasteiger partial charge in [0, 0.05) is 23.6 Å². The van der Waals surface area contributed by atoms with Gasteiger partial charge >= 0.3 is 0 Å². The lowest BCUT2D eigenvalue weighted by atomic mass is 9.56. The molecule has 6 rings (SSSR count). The molecule has 3 fully saturated rings. The van der Waals surface area contributed by atoms with Gasteiger partial charge < -0.3 is 5.11 Å². The number of carbonyl (C=O) groups is 4. The number of imide groups is 2. The second-order valence-electron chi connectivity index (χ2n) is 11.0. The van der Waals surface area contributed by atoms with Crippen molar-refractivity contribution in [3.63, 3.8) is 0 Å². The van der Waals surface area contributed by atoms with Crippen LogP contribution in [0.3, 0.4) is 0 Å². The highest BCUT2D eigenvalue weighted by Crippen LogP contribution is 2.66. The zero-order valence-corrected chi connectivity index (χ0v) is 23.6. The minimum Gasteiger partial charge on any atom is -0.507 e. The maximum absolute atomic E-state index is 14.0. The van der Waals surface area contributed by atoms with Crippen LogP contribution in [-0.2, 0) is 19.2 Å². The first-order chi connectivity index (χ1) is 18.3. The molecule has 2 saturated heterocycles. The van der Waals surface area contributed by atoms with E-state index < -0.39 is 51.1 Å². The Kier molecular flexibility index (Phi) is 5.79. The topological polar surface area (TPSA) is 95.0 Å². The van der Waals surface area contributed by atoms with Crippen LogP contribution in [0.2, 0.25) is 5.02 Å². The van der Waals surface area contributed by atoms with Crippen LogP contribution in [0.25, 0.3) is 0 Å². The summed E-state index contributed by atoms with van der Waals surface area (Å²) in [6.45, 7) is 3.55. The van der Waals surface area contributed by atoms with Gasteiger partial charge in [-0.1, -0.05) is 47.5 Å². The number of halogens is 3. The summed E-state index contributed by atoms with van der Waals surface area (Å²) >= 11 is 20.6. The number of phenols is 1. The molecule has 7 nitrogen and oxygen atoms in total. The predicted octanol–water partition coefficient (Wildman–Crippen LogP) is 4.86. The summed E-state index contributed by atoms with van der Waals surface area (Å²) in [5, 5.41) is 11.5.